The molecule has 3 atom stereocenters. The van der Waals surface area contributed by atoms with E-state index in [2.05, 4.69) is 44.1 Å². The standard InChI is InChI=1S/C24H41N5O6Si/c1-22(2,3)34-21(31)27(7)13-16(35-36(8,9)23(4,5)6)19-26-25-18(33-19)15-12-24(10-11-24)17-14-28(15)20(30)29(17)32/h15-17,32H,10-14H2,1-9H3/t15-,16-,17+/m0/s1. The molecular weight excluding hydrogens is 482 g/mol. The molecule has 3 heterocycles. The molecule has 1 aromatic heterocycles. The molecule has 0 aromatic carbocycles. The number of carbonyl (C=O) groups is 2. The number of fused-ring (bicyclic) bond motifs is 3. The summed E-state index contributed by atoms with van der Waals surface area (Å²) in [6, 6.07) is -1.00. The summed E-state index contributed by atoms with van der Waals surface area (Å²) in [7, 11) is -0.630. The molecule has 2 aliphatic heterocycles. The van der Waals surface area contributed by atoms with E-state index in [0.717, 1.165) is 17.9 Å². The third-order valence-electron chi connectivity index (χ3n) is 8.09. The van der Waals surface area contributed by atoms with Crippen LogP contribution < -0.4 is 0 Å². The predicted octanol–water partition coefficient (Wildman–Crippen LogP) is 4.72. The highest BCUT2D eigenvalue weighted by atomic mass is 28.4. The zero-order valence-electron chi connectivity index (χ0n) is 23.0. The molecular formula is C24H41N5O6Si. The number of ether oxygens (including phenoxy) is 1. The van der Waals surface area contributed by atoms with Crippen molar-refractivity contribution in [2.75, 3.05) is 20.1 Å². The summed E-state index contributed by atoms with van der Waals surface area (Å²) < 4.78 is 18.4. The van der Waals surface area contributed by atoms with Gasteiger partial charge in [0, 0.05) is 13.6 Å². The van der Waals surface area contributed by atoms with Crippen molar-refractivity contribution in [2.45, 2.75) is 103 Å². The molecule has 1 aromatic rings. The van der Waals surface area contributed by atoms with Gasteiger partial charge in [0.25, 0.3) is 0 Å². The molecule has 3 fully saturated rings. The van der Waals surface area contributed by atoms with Crippen molar-refractivity contribution in [3.05, 3.63) is 11.8 Å². The fourth-order valence-corrected chi connectivity index (χ4v) is 5.98. The van der Waals surface area contributed by atoms with Gasteiger partial charge in [-0.15, -0.1) is 10.2 Å². The van der Waals surface area contributed by atoms with Crippen molar-refractivity contribution in [3.8, 4) is 0 Å². The summed E-state index contributed by atoms with van der Waals surface area (Å²) in [4.78, 5) is 28.5. The van der Waals surface area contributed by atoms with Gasteiger partial charge in [-0.05, 0) is 63.6 Å². The second kappa shape index (κ2) is 8.69. The molecule has 2 bridgehead atoms. The first-order valence-corrected chi connectivity index (χ1v) is 15.6. The van der Waals surface area contributed by atoms with Crippen LogP contribution in [0.5, 0.6) is 0 Å². The number of carbonyl (C=O) groups excluding carboxylic acids is 2. The number of rotatable bonds is 6. The molecule has 3 amide bonds. The van der Waals surface area contributed by atoms with Crippen molar-refractivity contribution in [3.63, 3.8) is 0 Å². The van der Waals surface area contributed by atoms with Crippen molar-refractivity contribution in [1.29, 1.82) is 0 Å². The third-order valence-corrected chi connectivity index (χ3v) is 12.6. The number of hydrogen-bond acceptors (Lipinski definition) is 8. The molecule has 0 radical (unpaired) electrons. The molecule has 0 unspecified atom stereocenters. The monoisotopic (exact) mass is 523 g/mol. The van der Waals surface area contributed by atoms with Crippen molar-refractivity contribution < 1.29 is 28.4 Å². The van der Waals surface area contributed by atoms with Crippen LogP contribution in [0.25, 0.3) is 0 Å². The molecule has 1 spiro atoms. The Bertz CT molecular complexity index is 1010. The maximum atomic E-state index is 12.7. The zero-order valence-corrected chi connectivity index (χ0v) is 24.0. The minimum Gasteiger partial charge on any atom is -0.444 e. The first kappa shape index (κ1) is 26.9. The van der Waals surface area contributed by atoms with Gasteiger partial charge in [0.1, 0.15) is 17.7 Å². The van der Waals surface area contributed by atoms with Gasteiger partial charge in [0.15, 0.2) is 8.32 Å². The number of piperidine rings is 1. The number of urea groups is 1. The number of hydrogen-bond donors (Lipinski definition) is 1. The number of hydroxylamine groups is 2. The molecule has 1 saturated carbocycles. The maximum Gasteiger partial charge on any atom is 0.410 e. The Kier molecular flexibility index (Phi) is 6.49. The smallest absolute Gasteiger partial charge is 0.410 e. The first-order chi connectivity index (χ1) is 16.4. The van der Waals surface area contributed by atoms with E-state index in [9.17, 15) is 14.8 Å². The Balaban J connectivity index is 1.59. The van der Waals surface area contributed by atoms with Gasteiger partial charge in [-0.3, -0.25) is 5.21 Å². The Hall–Kier alpha value is -2.18. The topological polar surface area (TPSA) is 121 Å². The second-order valence-electron chi connectivity index (χ2n) is 13.1. The number of likely N-dealkylation sites (N-methyl/N-ethyl adjacent to an activating group) is 1. The van der Waals surface area contributed by atoms with Gasteiger partial charge in [-0.25, -0.2) is 14.7 Å². The number of aromatic nitrogens is 2. The van der Waals surface area contributed by atoms with Crippen molar-refractivity contribution in [2.24, 2.45) is 5.41 Å². The van der Waals surface area contributed by atoms with Crippen LogP contribution in [0, 0.1) is 5.41 Å². The van der Waals surface area contributed by atoms with Crippen molar-refractivity contribution >= 4 is 20.4 Å². The molecule has 4 rings (SSSR count). The highest BCUT2D eigenvalue weighted by Gasteiger charge is 2.63. The lowest BCUT2D eigenvalue weighted by Gasteiger charge is -2.39. The van der Waals surface area contributed by atoms with Crippen LogP contribution in [0.1, 0.15) is 84.7 Å². The van der Waals surface area contributed by atoms with E-state index in [1.54, 1.807) is 11.9 Å². The molecule has 202 valence electrons. The van der Waals surface area contributed by atoms with Gasteiger partial charge in [-0.2, -0.15) is 0 Å². The minimum atomic E-state index is -2.29. The molecule has 12 heteroatoms. The third kappa shape index (κ3) is 4.99. The molecule has 3 aliphatic rings. The minimum absolute atomic E-state index is 0.0815. The summed E-state index contributed by atoms with van der Waals surface area (Å²) in [5.41, 5.74) is -0.718. The lowest BCUT2D eigenvalue weighted by molar-refractivity contribution is -0.0783. The summed E-state index contributed by atoms with van der Waals surface area (Å²) in [5.74, 6) is 0.604. The normalized spacial score (nSPS) is 24.3. The van der Waals surface area contributed by atoms with Gasteiger partial charge in [0.05, 0.1) is 12.6 Å². The SMILES string of the molecule is CN(C[C@H](O[Si](C)(C)C(C)(C)C)c1nnc([C@@H]2CC3(CC3)[C@H]3CN2C(=O)N3O)o1)C(=O)OC(C)(C)C. The van der Waals surface area contributed by atoms with E-state index in [0.29, 0.717) is 18.9 Å². The highest BCUT2D eigenvalue weighted by molar-refractivity contribution is 6.74. The Morgan fingerprint density at radius 2 is 1.89 bits per heavy atom. The lowest BCUT2D eigenvalue weighted by Crippen LogP contribution is -2.45. The highest BCUT2D eigenvalue weighted by Crippen LogP contribution is 2.61. The molecule has 1 aliphatic carbocycles. The van der Waals surface area contributed by atoms with E-state index >= 15 is 0 Å². The average Bonchev–Trinajstić information content (AvgIpc) is 3.22. The molecule has 2 saturated heterocycles. The van der Waals surface area contributed by atoms with Crippen LogP contribution in [0.3, 0.4) is 0 Å². The van der Waals surface area contributed by atoms with Crippen LogP contribution in [-0.4, -0.2) is 82.5 Å². The molecule has 1 N–H and O–H groups in total. The largest absolute Gasteiger partial charge is 0.444 e. The fourth-order valence-electron chi connectivity index (χ4n) is 4.74. The Morgan fingerprint density at radius 1 is 1.25 bits per heavy atom. The number of amides is 3. The van der Waals surface area contributed by atoms with Gasteiger partial charge < -0.3 is 23.4 Å². The van der Waals surface area contributed by atoms with E-state index < -0.39 is 38.2 Å². The van der Waals surface area contributed by atoms with Crippen LogP contribution >= 0.6 is 0 Å². The predicted molar refractivity (Wildman–Crippen MR) is 133 cm³/mol. The van der Waals surface area contributed by atoms with Crippen LogP contribution in [-0.2, 0) is 9.16 Å². The van der Waals surface area contributed by atoms with Crippen LogP contribution in [0.15, 0.2) is 4.42 Å². The van der Waals surface area contributed by atoms with Gasteiger partial charge in [-0.1, -0.05) is 20.8 Å². The lowest BCUT2D eigenvalue weighted by atomic mass is 9.85. The Morgan fingerprint density at radius 3 is 2.44 bits per heavy atom. The summed E-state index contributed by atoms with van der Waals surface area (Å²) in [6.45, 7) is 16.8. The van der Waals surface area contributed by atoms with E-state index in [1.807, 2.05) is 20.8 Å². The molecule has 11 nitrogen and oxygen atoms in total. The van der Waals surface area contributed by atoms with E-state index in [1.165, 1.54) is 4.90 Å². The Labute approximate surface area is 214 Å². The fraction of sp³-hybridized carbons (Fsp3) is 0.833. The van der Waals surface area contributed by atoms with Crippen molar-refractivity contribution in [1.82, 2.24) is 25.1 Å². The first-order valence-electron chi connectivity index (χ1n) is 12.7. The average molecular weight is 524 g/mol. The summed E-state index contributed by atoms with van der Waals surface area (Å²) >= 11 is 0. The maximum absolute atomic E-state index is 12.7. The van der Waals surface area contributed by atoms with Crippen LogP contribution in [0.2, 0.25) is 18.1 Å². The van der Waals surface area contributed by atoms with Crippen LogP contribution in [0.4, 0.5) is 9.59 Å². The van der Waals surface area contributed by atoms with E-state index in [4.69, 9.17) is 13.6 Å². The second-order valence-corrected chi connectivity index (χ2v) is 17.8. The quantitative estimate of drug-likeness (QED) is 0.420. The van der Waals surface area contributed by atoms with Gasteiger partial charge in [0.2, 0.25) is 11.8 Å². The summed E-state index contributed by atoms with van der Waals surface area (Å²) in [6.07, 6.45) is 1.48. The summed E-state index contributed by atoms with van der Waals surface area (Å²) in [5, 5.41) is 19.8. The van der Waals surface area contributed by atoms with Gasteiger partial charge >= 0.3 is 12.1 Å². The zero-order chi connectivity index (χ0) is 26.8. The molecule has 36 heavy (non-hydrogen) atoms. The number of nitrogens with zero attached hydrogens (tertiary/aromatic N) is 5. The van der Waals surface area contributed by atoms with E-state index in [-0.39, 0.29) is 28.9 Å².